The Balaban J connectivity index is 1.77. The zero-order valence-corrected chi connectivity index (χ0v) is 20.5. The zero-order chi connectivity index (χ0) is 23.4. The van der Waals surface area contributed by atoms with Crippen LogP contribution in [0.1, 0.15) is 48.9 Å². The van der Waals surface area contributed by atoms with Gasteiger partial charge in [0.15, 0.2) is 0 Å². The van der Waals surface area contributed by atoms with Gasteiger partial charge in [0.25, 0.3) is 0 Å². The number of nitrogens with zero attached hydrogens (tertiary/aromatic N) is 1. The van der Waals surface area contributed by atoms with Crippen LogP contribution in [0.15, 0.2) is 42.5 Å². The number of nitrogens with one attached hydrogen (secondary N) is 1. The van der Waals surface area contributed by atoms with Crippen LogP contribution in [-0.2, 0) is 20.9 Å². The SMILES string of the molecule is CC[PH](CC)(CC(=O)OCc1ccccc1)C1(C(=O)Nc2c(C)cc(C#N)cc2C)CC1. The summed E-state index contributed by atoms with van der Waals surface area (Å²) in [6.07, 6.45) is 3.75. The molecule has 0 radical (unpaired) electrons. The van der Waals surface area contributed by atoms with Crippen molar-refractivity contribution in [3.05, 3.63) is 64.7 Å². The Morgan fingerprint density at radius 1 is 1.09 bits per heavy atom. The Kier molecular flexibility index (Phi) is 7.36. The third-order valence-electron chi connectivity index (χ3n) is 7.18. The van der Waals surface area contributed by atoms with Crippen molar-refractivity contribution in [2.75, 3.05) is 23.8 Å². The van der Waals surface area contributed by atoms with Crippen LogP contribution < -0.4 is 5.32 Å². The summed E-state index contributed by atoms with van der Waals surface area (Å²) >= 11 is 0. The van der Waals surface area contributed by atoms with Gasteiger partial charge >= 0.3 is 191 Å². The molecule has 5 nitrogen and oxygen atoms in total. The summed E-state index contributed by atoms with van der Waals surface area (Å²) in [5.74, 6) is -0.173. The van der Waals surface area contributed by atoms with Crippen molar-refractivity contribution in [1.82, 2.24) is 0 Å². The minimum absolute atomic E-state index is 0.0274. The molecule has 0 unspecified atom stereocenters. The zero-order valence-electron chi connectivity index (χ0n) is 19.5. The summed E-state index contributed by atoms with van der Waals surface area (Å²) in [6, 6.07) is 15.4. The van der Waals surface area contributed by atoms with Crippen molar-refractivity contribution in [2.45, 2.75) is 52.3 Å². The van der Waals surface area contributed by atoms with Crippen molar-refractivity contribution in [3.63, 3.8) is 0 Å². The van der Waals surface area contributed by atoms with Crippen LogP contribution in [-0.4, -0.2) is 35.5 Å². The summed E-state index contributed by atoms with van der Waals surface area (Å²) in [5, 5.41) is 11.9. The van der Waals surface area contributed by atoms with E-state index in [0.29, 0.717) is 11.7 Å². The van der Waals surface area contributed by atoms with E-state index in [9.17, 15) is 14.9 Å². The maximum atomic E-state index is 13.6. The second kappa shape index (κ2) is 9.84. The predicted octanol–water partition coefficient (Wildman–Crippen LogP) is 5.18. The van der Waals surface area contributed by atoms with Crippen molar-refractivity contribution >= 4 is 24.8 Å². The third-order valence-corrected chi connectivity index (χ3v) is 13.6. The van der Waals surface area contributed by atoms with Crippen LogP contribution in [0.25, 0.3) is 0 Å². The Hall–Kier alpha value is -2.70. The molecule has 1 aliphatic carbocycles. The number of rotatable bonds is 9. The van der Waals surface area contributed by atoms with Gasteiger partial charge in [-0.15, -0.1) is 0 Å². The molecule has 170 valence electrons. The molecule has 1 amide bonds. The molecule has 0 spiro atoms. The monoisotopic (exact) mass is 452 g/mol. The summed E-state index contributed by atoms with van der Waals surface area (Å²) in [5.41, 5.74) is 4.10. The molecule has 1 fully saturated rings. The average Bonchev–Trinajstić information content (AvgIpc) is 3.61. The van der Waals surface area contributed by atoms with Crippen molar-refractivity contribution < 1.29 is 14.3 Å². The summed E-state index contributed by atoms with van der Waals surface area (Å²) in [6.45, 7) is 8.32. The van der Waals surface area contributed by atoms with E-state index < -0.39 is 12.4 Å². The number of anilines is 1. The van der Waals surface area contributed by atoms with Crippen molar-refractivity contribution in [1.29, 1.82) is 5.26 Å². The first-order valence-corrected chi connectivity index (χ1v) is 14.0. The molecule has 1 saturated carbocycles. The molecule has 6 heteroatoms. The second-order valence-electron chi connectivity index (χ2n) is 8.94. The molecular weight excluding hydrogens is 419 g/mol. The molecule has 0 saturated heterocycles. The molecule has 0 bridgehead atoms. The number of ether oxygens (including phenoxy) is 1. The Bertz CT molecular complexity index is 1010. The van der Waals surface area contributed by atoms with E-state index >= 15 is 0 Å². The molecule has 2 aromatic carbocycles. The van der Waals surface area contributed by atoms with Crippen molar-refractivity contribution in [2.24, 2.45) is 0 Å². The fourth-order valence-electron chi connectivity index (χ4n) is 4.99. The number of carbonyl (C=O) groups excluding carboxylic acids is 2. The third kappa shape index (κ3) is 4.71. The van der Waals surface area contributed by atoms with Gasteiger partial charge in [0, 0.05) is 0 Å². The van der Waals surface area contributed by atoms with Gasteiger partial charge in [-0.1, -0.05) is 0 Å². The Labute approximate surface area is 191 Å². The van der Waals surface area contributed by atoms with Crippen molar-refractivity contribution in [3.8, 4) is 6.07 Å². The number of benzene rings is 2. The first-order chi connectivity index (χ1) is 15.3. The molecule has 2 aromatic rings. The van der Waals surface area contributed by atoms with Crippen LogP contribution in [0.4, 0.5) is 5.69 Å². The van der Waals surface area contributed by atoms with Gasteiger partial charge in [-0.3, -0.25) is 0 Å². The number of esters is 1. The molecule has 0 aromatic heterocycles. The van der Waals surface area contributed by atoms with Crippen LogP contribution in [0.3, 0.4) is 0 Å². The number of carbonyl (C=O) groups is 2. The fraction of sp³-hybridized carbons (Fsp3) is 0.423. The standard InChI is InChI=1S/C26H33N2O3P/c1-5-32(6-2,18-23(29)31-17-21-10-8-7-9-11-21)26(12-13-26)25(30)28-24-19(3)14-22(16-27)15-20(24)4/h7-11,14-15,32H,5-6,12-13,17-18H2,1-4H3,(H,28,30). The van der Waals surface area contributed by atoms with E-state index in [2.05, 4.69) is 25.2 Å². The van der Waals surface area contributed by atoms with E-state index in [0.717, 1.165) is 47.5 Å². The van der Waals surface area contributed by atoms with Gasteiger partial charge in [-0.25, -0.2) is 0 Å². The molecule has 32 heavy (non-hydrogen) atoms. The number of nitriles is 1. The topological polar surface area (TPSA) is 79.2 Å². The molecule has 3 rings (SSSR count). The maximum absolute atomic E-state index is 13.6. The molecule has 0 aliphatic heterocycles. The Morgan fingerprint density at radius 3 is 2.19 bits per heavy atom. The average molecular weight is 453 g/mol. The van der Waals surface area contributed by atoms with Gasteiger partial charge < -0.3 is 0 Å². The quantitative estimate of drug-likeness (QED) is 0.420. The Morgan fingerprint density at radius 2 is 1.69 bits per heavy atom. The van der Waals surface area contributed by atoms with E-state index in [4.69, 9.17) is 4.74 Å². The van der Waals surface area contributed by atoms with Gasteiger partial charge in [-0.05, 0) is 0 Å². The van der Waals surface area contributed by atoms with Gasteiger partial charge in [0.05, 0.1) is 0 Å². The summed E-state index contributed by atoms with van der Waals surface area (Å²) in [7, 11) is -2.27. The van der Waals surface area contributed by atoms with Crippen LogP contribution in [0.5, 0.6) is 0 Å². The summed E-state index contributed by atoms with van der Waals surface area (Å²) in [4.78, 5) is 26.4. The first-order valence-electron chi connectivity index (χ1n) is 11.3. The van der Waals surface area contributed by atoms with Crippen LogP contribution >= 0.6 is 7.26 Å². The fourth-order valence-corrected chi connectivity index (χ4v) is 10.1. The number of hydrogen-bond acceptors (Lipinski definition) is 4. The van der Waals surface area contributed by atoms with Crippen LogP contribution in [0.2, 0.25) is 0 Å². The summed E-state index contributed by atoms with van der Waals surface area (Å²) < 4.78 is 5.61. The second-order valence-corrected chi connectivity index (χ2v) is 14.2. The minimum atomic E-state index is -2.27. The molecule has 1 aliphatic rings. The van der Waals surface area contributed by atoms with Gasteiger partial charge in [0.1, 0.15) is 0 Å². The molecular formula is C26H33N2O3P. The molecule has 1 N–H and O–H groups in total. The van der Waals surface area contributed by atoms with E-state index in [1.54, 1.807) is 12.1 Å². The van der Waals surface area contributed by atoms with E-state index in [1.807, 2.05) is 44.2 Å². The first kappa shape index (κ1) is 24.0. The number of hydrogen-bond donors (Lipinski definition) is 1. The molecule has 0 heterocycles. The number of aryl methyl sites for hydroxylation is 2. The van der Waals surface area contributed by atoms with Crippen LogP contribution in [0, 0.1) is 25.2 Å². The van der Waals surface area contributed by atoms with E-state index in [-0.39, 0.29) is 18.5 Å². The normalized spacial score (nSPS) is 14.8. The van der Waals surface area contributed by atoms with Gasteiger partial charge in [-0.2, -0.15) is 0 Å². The number of amides is 1. The van der Waals surface area contributed by atoms with E-state index in [1.165, 1.54) is 0 Å². The van der Waals surface area contributed by atoms with Gasteiger partial charge in [0.2, 0.25) is 0 Å². The molecule has 0 atom stereocenters. The predicted molar refractivity (Wildman–Crippen MR) is 132 cm³/mol.